The first-order valence-electron chi connectivity index (χ1n) is 14.5. The van der Waals surface area contributed by atoms with Gasteiger partial charge in [0, 0.05) is 19.5 Å². The Morgan fingerprint density at radius 3 is 2.54 bits per heavy atom. The lowest BCUT2D eigenvalue weighted by Crippen LogP contribution is -2.60. The van der Waals surface area contributed by atoms with E-state index in [1.807, 2.05) is 0 Å². The SMILES string of the molecule is C[C@H](CCC(=O)N1Cc2ccccc2C1)[C@H]1CC[C@H]2[C@@H]3[C@@H](O)C[C@@H]4CNCC[C@]4(C)[C@H]3CC[C@]12C. The maximum absolute atomic E-state index is 13.1. The maximum Gasteiger partial charge on any atom is 0.223 e. The number of carbonyl (C=O) groups excluding carboxylic acids is 1. The number of hydrogen-bond donors (Lipinski definition) is 2. The summed E-state index contributed by atoms with van der Waals surface area (Å²) >= 11 is 0. The van der Waals surface area contributed by atoms with Gasteiger partial charge in [-0.05, 0) is 115 Å². The van der Waals surface area contributed by atoms with Crippen molar-refractivity contribution in [3.63, 3.8) is 0 Å². The number of carbonyl (C=O) groups is 1. The first-order valence-corrected chi connectivity index (χ1v) is 14.5. The molecule has 192 valence electrons. The van der Waals surface area contributed by atoms with Crippen LogP contribution in [0.5, 0.6) is 0 Å². The van der Waals surface area contributed by atoms with Crippen LogP contribution in [-0.2, 0) is 17.9 Å². The lowest BCUT2D eigenvalue weighted by atomic mass is 9.45. The third-order valence-electron chi connectivity index (χ3n) is 12.1. The van der Waals surface area contributed by atoms with Gasteiger partial charge in [0.2, 0.25) is 5.91 Å². The van der Waals surface area contributed by atoms with E-state index < -0.39 is 0 Å². The van der Waals surface area contributed by atoms with Crippen molar-refractivity contribution in [1.82, 2.24) is 10.2 Å². The molecule has 9 atom stereocenters. The van der Waals surface area contributed by atoms with Gasteiger partial charge in [0.25, 0.3) is 0 Å². The number of nitrogens with zero attached hydrogens (tertiary/aromatic N) is 1. The summed E-state index contributed by atoms with van der Waals surface area (Å²) in [6.07, 6.45) is 8.97. The summed E-state index contributed by atoms with van der Waals surface area (Å²) in [5.74, 6) is 4.03. The molecule has 4 fully saturated rings. The normalized spacial score (nSPS) is 43.1. The Hall–Kier alpha value is -1.39. The first-order chi connectivity index (χ1) is 16.8. The Balaban J connectivity index is 1.11. The highest BCUT2D eigenvalue weighted by Gasteiger charge is 2.62. The van der Waals surface area contributed by atoms with Crippen molar-refractivity contribution in [1.29, 1.82) is 0 Å². The van der Waals surface area contributed by atoms with Gasteiger partial charge in [-0.1, -0.05) is 45.0 Å². The maximum atomic E-state index is 13.1. The lowest BCUT2D eigenvalue weighted by Gasteiger charge is -2.62. The molecule has 6 rings (SSSR count). The van der Waals surface area contributed by atoms with Crippen molar-refractivity contribution in [2.45, 2.75) is 91.3 Å². The van der Waals surface area contributed by atoms with Crippen LogP contribution in [0.4, 0.5) is 0 Å². The Bertz CT molecular complexity index is 938. The highest BCUT2D eigenvalue weighted by atomic mass is 16.3. The average molecular weight is 479 g/mol. The minimum Gasteiger partial charge on any atom is -0.393 e. The molecular formula is C31H46N2O2. The van der Waals surface area contributed by atoms with Gasteiger partial charge >= 0.3 is 0 Å². The average Bonchev–Trinajstić information content (AvgIpc) is 3.44. The van der Waals surface area contributed by atoms with Crippen LogP contribution in [0, 0.1) is 46.3 Å². The molecule has 5 aliphatic rings. The van der Waals surface area contributed by atoms with Crippen LogP contribution in [0.3, 0.4) is 0 Å². The Kier molecular flexibility index (Phi) is 6.08. The van der Waals surface area contributed by atoms with E-state index in [-0.39, 0.29) is 6.10 Å². The summed E-state index contributed by atoms with van der Waals surface area (Å²) < 4.78 is 0. The van der Waals surface area contributed by atoms with Gasteiger partial charge in [-0.3, -0.25) is 4.79 Å². The number of piperidine rings is 1. The van der Waals surface area contributed by atoms with Gasteiger partial charge in [-0.15, -0.1) is 0 Å². The van der Waals surface area contributed by atoms with Crippen molar-refractivity contribution in [3.8, 4) is 0 Å². The molecule has 0 unspecified atom stereocenters. The molecule has 0 aromatic heterocycles. The largest absolute Gasteiger partial charge is 0.393 e. The highest BCUT2D eigenvalue weighted by molar-refractivity contribution is 5.77. The third kappa shape index (κ3) is 3.81. The minimum absolute atomic E-state index is 0.130. The van der Waals surface area contributed by atoms with Crippen molar-refractivity contribution >= 4 is 5.91 Å². The second kappa shape index (κ2) is 8.87. The number of nitrogens with one attached hydrogen (secondary N) is 1. The molecule has 2 N–H and O–H groups in total. The second-order valence-corrected chi connectivity index (χ2v) is 13.5. The Morgan fingerprint density at radius 1 is 1.09 bits per heavy atom. The molecule has 3 aliphatic carbocycles. The number of aliphatic hydroxyl groups excluding tert-OH is 1. The fourth-order valence-corrected chi connectivity index (χ4v) is 10.1. The molecule has 4 nitrogen and oxygen atoms in total. The Labute approximate surface area is 212 Å². The van der Waals surface area contributed by atoms with Gasteiger partial charge in [0.05, 0.1) is 6.10 Å². The monoisotopic (exact) mass is 478 g/mol. The highest BCUT2D eigenvalue weighted by Crippen LogP contribution is 2.67. The van der Waals surface area contributed by atoms with E-state index >= 15 is 0 Å². The number of rotatable bonds is 4. The van der Waals surface area contributed by atoms with Crippen molar-refractivity contribution in [2.75, 3.05) is 13.1 Å². The van der Waals surface area contributed by atoms with Gasteiger partial charge in [0.15, 0.2) is 0 Å². The van der Waals surface area contributed by atoms with Crippen molar-refractivity contribution < 1.29 is 9.90 Å². The predicted molar refractivity (Wildman–Crippen MR) is 139 cm³/mol. The van der Waals surface area contributed by atoms with Crippen LogP contribution in [-0.4, -0.2) is 35.1 Å². The molecule has 2 aliphatic heterocycles. The molecule has 1 saturated heterocycles. The van der Waals surface area contributed by atoms with E-state index in [2.05, 4.69) is 55.3 Å². The van der Waals surface area contributed by atoms with E-state index in [0.29, 0.717) is 58.7 Å². The van der Waals surface area contributed by atoms with E-state index in [9.17, 15) is 9.90 Å². The number of aliphatic hydroxyl groups is 1. The van der Waals surface area contributed by atoms with Gasteiger partial charge in [-0.2, -0.15) is 0 Å². The van der Waals surface area contributed by atoms with Crippen LogP contribution >= 0.6 is 0 Å². The zero-order valence-corrected chi connectivity index (χ0v) is 22.1. The summed E-state index contributed by atoms with van der Waals surface area (Å²) in [6.45, 7) is 11.3. The summed E-state index contributed by atoms with van der Waals surface area (Å²) in [4.78, 5) is 15.1. The number of amides is 1. The van der Waals surface area contributed by atoms with Gasteiger partial charge in [-0.25, -0.2) is 0 Å². The molecule has 0 bridgehead atoms. The lowest BCUT2D eigenvalue weighted by molar-refractivity contribution is -0.161. The molecule has 0 radical (unpaired) electrons. The zero-order chi connectivity index (χ0) is 24.4. The van der Waals surface area contributed by atoms with Crippen LogP contribution in [0.1, 0.15) is 83.3 Å². The molecular weight excluding hydrogens is 432 g/mol. The zero-order valence-electron chi connectivity index (χ0n) is 22.1. The van der Waals surface area contributed by atoms with Crippen LogP contribution < -0.4 is 5.32 Å². The fraction of sp³-hybridized carbons (Fsp3) is 0.774. The third-order valence-corrected chi connectivity index (χ3v) is 12.1. The summed E-state index contributed by atoms with van der Waals surface area (Å²) in [5, 5.41) is 15.0. The molecule has 1 aromatic carbocycles. The predicted octanol–water partition coefficient (Wildman–Crippen LogP) is 5.38. The summed E-state index contributed by atoms with van der Waals surface area (Å²) in [5.41, 5.74) is 3.35. The standard InChI is InChI=1S/C31H46N2O2/c1-20(8-11-28(35)33-18-21-6-4-5-7-22(21)19-33)24-9-10-25-29-26(12-13-31(24,25)3)30(2)14-15-32-17-23(30)16-27(29)34/h4-7,20,23-27,29,32,34H,8-19H2,1-3H3/t20-,23-,24-,25+,26+,27+,29+,30+,31-/m1/s1. The molecule has 0 spiro atoms. The van der Waals surface area contributed by atoms with E-state index in [1.165, 1.54) is 43.2 Å². The molecule has 35 heavy (non-hydrogen) atoms. The quantitative estimate of drug-likeness (QED) is 0.611. The summed E-state index contributed by atoms with van der Waals surface area (Å²) in [6, 6.07) is 8.48. The molecule has 1 amide bonds. The topological polar surface area (TPSA) is 52.6 Å². The number of hydrogen-bond acceptors (Lipinski definition) is 3. The molecule has 1 aromatic rings. The van der Waals surface area contributed by atoms with Gasteiger partial charge in [0.1, 0.15) is 0 Å². The number of fused-ring (bicyclic) bond motifs is 6. The fourth-order valence-electron chi connectivity index (χ4n) is 10.1. The second-order valence-electron chi connectivity index (χ2n) is 13.5. The smallest absolute Gasteiger partial charge is 0.223 e. The van der Waals surface area contributed by atoms with Crippen LogP contribution in [0.15, 0.2) is 24.3 Å². The van der Waals surface area contributed by atoms with Crippen LogP contribution in [0.2, 0.25) is 0 Å². The van der Waals surface area contributed by atoms with Gasteiger partial charge < -0.3 is 15.3 Å². The molecule has 3 saturated carbocycles. The van der Waals surface area contributed by atoms with Crippen molar-refractivity contribution in [2.24, 2.45) is 46.3 Å². The summed E-state index contributed by atoms with van der Waals surface area (Å²) in [7, 11) is 0. The molecule has 2 heterocycles. The Morgan fingerprint density at radius 2 is 1.80 bits per heavy atom. The first kappa shape index (κ1) is 24.0. The van der Waals surface area contributed by atoms with E-state index in [0.717, 1.165) is 39.0 Å². The molecule has 4 heteroatoms. The van der Waals surface area contributed by atoms with E-state index in [1.54, 1.807) is 0 Å². The number of benzene rings is 1. The van der Waals surface area contributed by atoms with Crippen molar-refractivity contribution in [3.05, 3.63) is 35.4 Å². The van der Waals surface area contributed by atoms with E-state index in [4.69, 9.17) is 0 Å². The minimum atomic E-state index is -0.130. The van der Waals surface area contributed by atoms with Crippen LogP contribution in [0.25, 0.3) is 0 Å².